The Labute approximate surface area is 172 Å². The number of ether oxygens (including phenoxy) is 2. The molecule has 29 heavy (non-hydrogen) atoms. The molecule has 0 aliphatic carbocycles. The molecule has 6 nitrogen and oxygen atoms in total. The van der Waals surface area contributed by atoms with E-state index in [4.69, 9.17) is 9.47 Å². The zero-order chi connectivity index (χ0) is 20.5. The molecule has 4 aromatic rings. The maximum Gasteiger partial charge on any atom is 0.196 e. The number of thioether (sulfide) groups is 1. The highest BCUT2D eigenvalue weighted by Gasteiger charge is 2.17. The van der Waals surface area contributed by atoms with Crippen molar-refractivity contribution in [1.82, 2.24) is 14.6 Å². The molecule has 2 aromatic carbocycles. The van der Waals surface area contributed by atoms with Crippen molar-refractivity contribution in [1.29, 1.82) is 0 Å². The monoisotopic (exact) mass is 407 g/mol. The van der Waals surface area contributed by atoms with Gasteiger partial charge in [-0.2, -0.15) is 0 Å². The van der Waals surface area contributed by atoms with E-state index in [1.54, 1.807) is 32.4 Å². The third kappa shape index (κ3) is 3.53. The molecule has 148 valence electrons. The highest BCUT2D eigenvalue weighted by Crippen LogP contribution is 2.29. The molecule has 0 fully saturated rings. The molecule has 0 aliphatic rings. The van der Waals surface area contributed by atoms with Crippen LogP contribution in [-0.4, -0.2) is 40.4 Å². The second-order valence-electron chi connectivity index (χ2n) is 6.81. The van der Waals surface area contributed by atoms with Gasteiger partial charge >= 0.3 is 0 Å². The molecular weight excluding hydrogens is 386 g/mol. The van der Waals surface area contributed by atoms with Crippen LogP contribution in [0, 0.1) is 13.8 Å². The number of hydrogen-bond donors (Lipinski definition) is 0. The number of rotatable bonds is 6. The molecule has 0 radical (unpaired) electrons. The van der Waals surface area contributed by atoms with Gasteiger partial charge in [0.1, 0.15) is 11.5 Å². The summed E-state index contributed by atoms with van der Waals surface area (Å²) in [6.45, 7) is 4.07. The highest BCUT2D eigenvalue weighted by molar-refractivity contribution is 7.99. The maximum absolute atomic E-state index is 12.9. The van der Waals surface area contributed by atoms with E-state index in [0.29, 0.717) is 22.2 Å². The normalized spacial score (nSPS) is 11.2. The highest BCUT2D eigenvalue weighted by atomic mass is 32.2. The van der Waals surface area contributed by atoms with Gasteiger partial charge in [0.15, 0.2) is 16.6 Å². The molecule has 0 atom stereocenters. The number of pyridine rings is 1. The molecule has 0 amide bonds. The first-order valence-corrected chi connectivity index (χ1v) is 10.1. The van der Waals surface area contributed by atoms with Crippen LogP contribution in [0.2, 0.25) is 0 Å². The average molecular weight is 407 g/mol. The Morgan fingerprint density at radius 2 is 1.86 bits per heavy atom. The van der Waals surface area contributed by atoms with Crippen molar-refractivity contribution in [3.05, 3.63) is 59.2 Å². The summed E-state index contributed by atoms with van der Waals surface area (Å²) in [5, 5.41) is 10.5. The lowest BCUT2D eigenvalue weighted by molar-refractivity contribution is 0.101. The molecule has 0 saturated heterocycles. The number of hydrogen-bond acceptors (Lipinski definition) is 6. The van der Waals surface area contributed by atoms with E-state index in [1.807, 2.05) is 11.3 Å². The third-order valence-corrected chi connectivity index (χ3v) is 5.75. The number of carbonyl (C=O) groups is 1. The molecule has 0 bridgehead atoms. The minimum absolute atomic E-state index is 0.0596. The lowest BCUT2D eigenvalue weighted by Gasteiger charge is -2.10. The quantitative estimate of drug-likeness (QED) is 0.347. The molecular formula is C22H21N3O3S. The van der Waals surface area contributed by atoms with Gasteiger partial charge < -0.3 is 9.47 Å². The van der Waals surface area contributed by atoms with Gasteiger partial charge in [-0.15, -0.1) is 10.2 Å². The summed E-state index contributed by atoms with van der Waals surface area (Å²) in [7, 11) is 3.12. The zero-order valence-electron chi connectivity index (χ0n) is 16.7. The Morgan fingerprint density at radius 1 is 1.03 bits per heavy atom. The lowest BCUT2D eigenvalue weighted by Crippen LogP contribution is -2.06. The fourth-order valence-corrected chi connectivity index (χ4v) is 4.17. The van der Waals surface area contributed by atoms with E-state index in [2.05, 4.69) is 41.4 Å². The Kier molecular flexibility index (Phi) is 5.15. The van der Waals surface area contributed by atoms with Crippen molar-refractivity contribution in [3.63, 3.8) is 0 Å². The minimum atomic E-state index is -0.0596. The fraction of sp³-hybridized carbons (Fsp3) is 0.227. The largest absolute Gasteiger partial charge is 0.497 e. The average Bonchev–Trinajstić information content (AvgIpc) is 3.17. The molecule has 7 heteroatoms. The van der Waals surface area contributed by atoms with Gasteiger partial charge in [0.25, 0.3) is 0 Å². The van der Waals surface area contributed by atoms with Gasteiger partial charge in [-0.1, -0.05) is 23.9 Å². The van der Waals surface area contributed by atoms with E-state index in [-0.39, 0.29) is 11.5 Å². The summed E-state index contributed by atoms with van der Waals surface area (Å²) in [4.78, 5) is 12.9. The van der Waals surface area contributed by atoms with Crippen LogP contribution in [0.4, 0.5) is 0 Å². The number of Topliss-reactive ketones (excluding diaryl/α,β-unsaturated/α-hetero) is 1. The lowest BCUT2D eigenvalue weighted by atomic mass is 10.1. The standard InChI is InChI=1S/C22H21N3O3S/c1-13-5-6-15-10-14(2)21-23-24-22(25(21)18(15)9-13)29-12-19(26)17-11-16(27-3)7-8-20(17)28-4/h5-11H,12H2,1-4H3. The van der Waals surface area contributed by atoms with Crippen molar-refractivity contribution < 1.29 is 14.3 Å². The molecule has 0 spiro atoms. The fourth-order valence-electron chi connectivity index (χ4n) is 3.34. The van der Waals surface area contributed by atoms with Crippen LogP contribution in [0.3, 0.4) is 0 Å². The number of methoxy groups -OCH3 is 2. The summed E-state index contributed by atoms with van der Waals surface area (Å²) in [5.41, 5.74) is 4.53. The van der Waals surface area contributed by atoms with Crippen LogP contribution in [-0.2, 0) is 0 Å². The van der Waals surface area contributed by atoms with E-state index in [9.17, 15) is 4.79 Å². The number of ketones is 1. The predicted molar refractivity (Wildman–Crippen MR) is 115 cm³/mol. The van der Waals surface area contributed by atoms with Crippen molar-refractivity contribution in [2.45, 2.75) is 19.0 Å². The van der Waals surface area contributed by atoms with Gasteiger partial charge in [-0.05, 0) is 60.7 Å². The summed E-state index contributed by atoms with van der Waals surface area (Å²) in [6, 6.07) is 13.6. The van der Waals surface area contributed by atoms with E-state index < -0.39 is 0 Å². The first-order chi connectivity index (χ1) is 14.0. The van der Waals surface area contributed by atoms with Gasteiger partial charge in [0.05, 0.1) is 31.1 Å². The molecule has 0 aliphatic heterocycles. The van der Waals surface area contributed by atoms with E-state index in [1.165, 1.54) is 11.8 Å². The number of aromatic nitrogens is 3. The van der Waals surface area contributed by atoms with Gasteiger partial charge in [-0.25, -0.2) is 0 Å². The van der Waals surface area contributed by atoms with Crippen LogP contribution < -0.4 is 9.47 Å². The predicted octanol–water partition coefficient (Wildman–Crippen LogP) is 4.49. The van der Waals surface area contributed by atoms with E-state index >= 15 is 0 Å². The first-order valence-electron chi connectivity index (χ1n) is 9.15. The van der Waals surface area contributed by atoms with Gasteiger partial charge in [0, 0.05) is 0 Å². The summed E-state index contributed by atoms with van der Waals surface area (Å²) < 4.78 is 12.6. The van der Waals surface area contributed by atoms with E-state index in [0.717, 1.165) is 27.7 Å². The molecule has 2 heterocycles. The third-order valence-electron chi connectivity index (χ3n) is 4.82. The Hall–Kier alpha value is -3.06. The van der Waals surface area contributed by atoms with Crippen molar-refractivity contribution in [3.8, 4) is 11.5 Å². The Bertz CT molecular complexity index is 1230. The summed E-state index contributed by atoms with van der Waals surface area (Å²) in [6.07, 6.45) is 0. The number of carbonyl (C=O) groups excluding carboxylic acids is 1. The number of aryl methyl sites for hydroxylation is 2. The number of benzene rings is 2. The van der Waals surface area contributed by atoms with Crippen molar-refractivity contribution >= 4 is 34.1 Å². The van der Waals surface area contributed by atoms with Crippen LogP contribution in [0.1, 0.15) is 21.5 Å². The Balaban J connectivity index is 1.70. The molecule has 0 saturated carbocycles. The topological polar surface area (TPSA) is 65.7 Å². The molecule has 2 aromatic heterocycles. The number of fused-ring (bicyclic) bond motifs is 3. The SMILES string of the molecule is COc1ccc(OC)c(C(=O)CSc2nnc3c(C)cc4ccc(C)cc4n23)c1. The van der Waals surface area contributed by atoms with Crippen molar-refractivity contribution in [2.75, 3.05) is 20.0 Å². The number of nitrogens with zero attached hydrogens (tertiary/aromatic N) is 3. The second-order valence-corrected chi connectivity index (χ2v) is 7.75. The maximum atomic E-state index is 12.9. The van der Waals surface area contributed by atoms with Crippen molar-refractivity contribution in [2.24, 2.45) is 0 Å². The van der Waals surface area contributed by atoms with Crippen LogP contribution in [0.15, 0.2) is 47.6 Å². The van der Waals surface area contributed by atoms with Crippen LogP contribution in [0.5, 0.6) is 11.5 Å². The summed E-state index contributed by atoms with van der Waals surface area (Å²) >= 11 is 1.37. The second kappa shape index (κ2) is 7.75. The zero-order valence-corrected chi connectivity index (χ0v) is 17.5. The summed E-state index contributed by atoms with van der Waals surface area (Å²) in [5.74, 6) is 1.30. The van der Waals surface area contributed by atoms with Gasteiger partial charge in [0.2, 0.25) is 0 Å². The van der Waals surface area contributed by atoms with Gasteiger partial charge in [-0.3, -0.25) is 9.20 Å². The molecule has 0 N–H and O–H groups in total. The molecule has 0 unspecified atom stereocenters. The smallest absolute Gasteiger partial charge is 0.196 e. The molecule has 4 rings (SSSR count). The van der Waals surface area contributed by atoms with Crippen LogP contribution >= 0.6 is 11.8 Å². The first kappa shape index (κ1) is 19.3. The minimum Gasteiger partial charge on any atom is -0.497 e. The Morgan fingerprint density at radius 3 is 2.62 bits per heavy atom. The van der Waals surface area contributed by atoms with Crippen LogP contribution in [0.25, 0.3) is 16.6 Å².